The average molecular weight is 407 g/mol. The minimum absolute atomic E-state index is 0.0224. The first-order valence-corrected chi connectivity index (χ1v) is 8.72. The van der Waals surface area contributed by atoms with Gasteiger partial charge in [0.2, 0.25) is 0 Å². The van der Waals surface area contributed by atoms with Crippen molar-refractivity contribution in [3.63, 3.8) is 0 Å². The molecule has 0 bridgehead atoms. The van der Waals surface area contributed by atoms with E-state index in [1.807, 2.05) is 0 Å². The van der Waals surface area contributed by atoms with Gasteiger partial charge in [0.05, 0.1) is 5.69 Å². The smallest absolute Gasteiger partial charge is 0.294 e. The maximum atomic E-state index is 14.6. The second-order valence-corrected chi connectivity index (χ2v) is 6.52. The van der Waals surface area contributed by atoms with Crippen LogP contribution in [0.4, 0.5) is 27.6 Å². The standard InChI is InChI=1S/C21H18F5N3/c1-3-8-21(25,26)20-11-19(29(2)28-20)16-7-6-15(10-18(16)24)27-12-13-4-5-14(22)9-17(13)23/h3-7,9-11,27H,1,8,12H2,2H3. The Morgan fingerprint density at radius 2 is 1.83 bits per heavy atom. The first-order valence-electron chi connectivity index (χ1n) is 8.72. The second-order valence-electron chi connectivity index (χ2n) is 6.52. The molecule has 0 saturated heterocycles. The van der Waals surface area contributed by atoms with Gasteiger partial charge in [0, 0.05) is 42.9 Å². The van der Waals surface area contributed by atoms with Crippen LogP contribution in [0.3, 0.4) is 0 Å². The van der Waals surface area contributed by atoms with Crippen molar-refractivity contribution in [2.45, 2.75) is 18.9 Å². The highest BCUT2D eigenvalue weighted by molar-refractivity contribution is 5.64. The maximum Gasteiger partial charge on any atom is 0.294 e. The average Bonchev–Trinajstić information content (AvgIpc) is 3.03. The highest BCUT2D eigenvalue weighted by Crippen LogP contribution is 2.34. The molecule has 0 saturated carbocycles. The maximum absolute atomic E-state index is 14.6. The van der Waals surface area contributed by atoms with E-state index in [0.29, 0.717) is 5.69 Å². The SMILES string of the molecule is C=CCC(F)(F)c1cc(-c2ccc(NCc3ccc(F)cc3F)cc2F)n(C)n1. The Morgan fingerprint density at radius 1 is 1.07 bits per heavy atom. The predicted octanol–water partition coefficient (Wildman–Crippen LogP) is 5.78. The molecule has 0 aliphatic heterocycles. The third kappa shape index (κ3) is 4.47. The molecule has 0 aliphatic carbocycles. The van der Waals surface area contributed by atoms with E-state index in [0.717, 1.165) is 24.3 Å². The molecule has 0 unspecified atom stereocenters. The van der Waals surface area contributed by atoms with Gasteiger partial charge in [-0.05, 0) is 30.3 Å². The summed E-state index contributed by atoms with van der Waals surface area (Å²) in [6, 6.07) is 8.46. The molecule has 0 spiro atoms. The Morgan fingerprint density at radius 3 is 2.48 bits per heavy atom. The lowest BCUT2D eigenvalue weighted by molar-refractivity contribution is -0.00591. The molecule has 3 aromatic rings. The van der Waals surface area contributed by atoms with E-state index in [9.17, 15) is 22.0 Å². The van der Waals surface area contributed by atoms with Crippen molar-refractivity contribution in [3.8, 4) is 11.3 Å². The van der Waals surface area contributed by atoms with Crippen molar-refractivity contribution in [2.24, 2.45) is 7.05 Å². The number of hydrogen-bond donors (Lipinski definition) is 1. The van der Waals surface area contributed by atoms with Crippen LogP contribution in [0.5, 0.6) is 0 Å². The van der Waals surface area contributed by atoms with Crippen LogP contribution in [0.25, 0.3) is 11.3 Å². The van der Waals surface area contributed by atoms with Crippen molar-refractivity contribution in [3.05, 3.63) is 83.8 Å². The zero-order valence-corrected chi connectivity index (χ0v) is 15.5. The Hall–Kier alpha value is -3.16. The van der Waals surface area contributed by atoms with Crippen molar-refractivity contribution in [1.82, 2.24) is 9.78 Å². The lowest BCUT2D eigenvalue weighted by Crippen LogP contribution is -2.13. The van der Waals surface area contributed by atoms with Gasteiger partial charge in [-0.15, -0.1) is 6.58 Å². The first-order chi connectivity index (χ1) is 13.7. The van der Waals surface area contributed by atoms with E-state index in [2.05, 4.69) is 17.0 Å². The topological polar surface area (TPSA) is 29.9 Å². The lowest BCUT2D eigenvalue weighted by Gasteiger charge is -2.10. The van der Waals surface area contributed by atoms with Gasteiger partial charge in [-0.2, -0.15) is 13.9 Å². The molecule has 0 fully saturated rings. The van der Waals surface area contributed by atoms with Gasteiger partial charge in [0.15, 0.2) is 0 Å². The number of aryl methyl sites for hydroxylation is 1. The molecular weight excluding hydrogens is 389 g/mol. The molecule has 2 aromatic carbocycles. The minimum Gasteiger partial charge on any atom is -0.381 e. The molecule has 1 heterocycles. The molecule has 3 rings (SSSR count). The summed E-state index contributed by atoms with van der Waals surface area (Å²) in [5, 5.41) is 6.64. The van der Waals surface area contributed by atoms with E-state index in [-0.39, 0.29) is 23.4 Å². The van der Waals surface area contributed by atoms with Crippen LogP contribution >= 0.6 is 0 Å². The first kappa shape index (κ1) is 20.6. The number of alkyl halides is 2. The Bertz CT molecular complexity index is 1040. The number of aromatic nitrogens is 2. The molecule has 0 radical (unpaired) electrons. The fourth-order valence-corrected chi connectivity index (χ4v) is 2.88. The molecule has 1 N–H and O–H groups in total. The van der Waals surface area contributed by atoms with Crippen LogP contribution in [-0.2, 0) is 19.5 Å². The molecular formula is C21H18F5N3. The molecule has 1 aromatic heterocycles. The van der Waals surface area contributed by atoms with Crippen LogP contribution in [0.2, 0.25) is 0 Å². The van der Waals surface area contributed by atoms with Crippen molar-refractivity contribution in [1.29, 1.82) is 0 Å². The number of anilines is 1. The predicted molar refractivity (Wildman–Crippen MR) is 101 cm³/mol. The van der Waals surface area contributed by atoms with E-state index in [4.69, 9.17) is 0 Å². The van der Waals surface area contributed by atoms with Crippen molar-refractivity contribution in [2.75, 3.05) is 5.32 Å². The fourth-order valence-electron chi connectivity index (χ4n) is 2.88. The number of nitrogens with one attached hydrogen (secondary N) is 1. The molecule has 0 atom stereocenters. The Kier molecular flexibility index (Phi) is 5.72. The normalized spacial score (nSPS) is 11.5. The van der Waals surface area contributed by atoms with Crippen LogP contribution in [0, 0.1) is 17.5 Å². The van der Waals surface area contributed by atoms with Crippen LogP contribution in [0.1, 0.15) is 17.7 Å². The fraction of sp³-hybridized carbons (Fsp3) is 0.190. The number of halogens is 5. The second kappa shape index (κ2) is 8.06. The van der Waals surface area contributed by atoms with Gasteiger partial charge < -0.3 is 5.32 Å². The molecule has 3 nitrogen and oxygen atoms in total. The molecule has 29 heavy (non-hydrogen) atoms. The number of rotatable bonds is 7. The van der Waals surface area contributed by atoms with Crippen LogP contribution in [-0.4, -0.2) is 9.78 Å². The highest BCUT2D eigenvalue weighted by Gasteiger charge is 2.34. The monoisotopic (exact) mass is 407 g/mol. The van der Waals surface area contributed by atoms with Gasteiger partial charge in [-0.1, -0.05) is 12.1 Å². The molecule has 0 amide bonds. The third-order valence-electron chi connectivity index (χ3n) is 4.40. The van der Waals surface area contributed by atoms with E-state index in [1.165, 1.54) is 36.0 Å². The van der Waals surface area contributed by atoms with E-state index in [1.54, 1.807) is 0 Å². The quantitative estimate of drug-likeness (QED) is 0.397. The number of hydrogen-bond acceptors (Lipinski definition) is 2. The number of benzene rings is 2. The summed E-state index contributed by atoms with van der Waals surface area (Å²) in [5.41, 5.74) is 0.394. The lowest BCUT2D eigenvalue weighted by atomic mass is 10.1. The van der Waals surface area contributed by atoms with Crippen molar-refractivity contribution >= 4 is 5.69 Å². The summed E-state index contributed by atoms with van der Waals surface area (Å²) in [7, 11) is 1.45. The van der Waals surface area contributed by atoms with Crippen molar-refractivity contribution < 1.29 is 22.0 Å². The van der Waals surface area contributed by atoms with E-state index >= 15 is 0 Å². The summed E-state index contributed by atoms with van der Waals surface area (Å²) >= 11 is 0. The van der Waals surface area contributed by atoms with Gasteiger partial charge in [-0.3, -0.25) is 4.68 Å². The van der Waals surface area contributed by atoms with Gasteiger partial charge >= 0.3 is 0 Å². The minimum atomic E-state index is -3.20. The van der Waals surface area contributed by atoms with Crippen LogP contribution < -0.4 is 5.32 Å². The van der Waals surface area contributed by atoms with Crippen LogP contribution in [0.15, 0.2) is 55.1 Å². The summed E-state index contributed by atoms with van der Waals surface area (Å²) in [5.74, 6) is -5.25. The Balaban J connectivity index is 1.81. The summed E-state index contributed by atoms with van der Waals surface area (Å²) < 4.78 is 70.5. The summed E-state index contributed by atoms with van der Waals surface area (Å²) in [6.45, 7) is 3.33. The zero-order valence-electron chi connectivity index (χ0n) is 15.5. The Labute approximate surface area is 164 Å². The number of nitrogens with zero attached hydrogens (tertiary/aromatic N) is 2. The molecule has 152 valence electrons. The van der Waals surface area contributed by atoms with Gasteiger partial charge in [0.25, 0.3) is 5.92 Å². The van der Waals surface area contributed by atoms with E-state index < -0.39 is 35.5 Å². The number of allylic oxidation sites excluding steroid dienone is 1. The third-order valence-corrected chi connectivity index (χ3v) is 4.40. The zero-order chi connectivity index (χ0) is 21.2. The van der Waals surface area contributed by atoms with Gasteiger partial charge in [0.1, 0.15) is 23.1 Å². The molecule has 8 heteroatoms. The molecule has 0 aliphatic rings. The summed E-state index contributed by atoms with van der Waals surface area (Å²) in [6.07, 6.45) is 0.522. The largest absolute Gasteiger partial charge is 0.381 e. The highest BCUT2D eigenvalue weighted by atomic mass is 19.3. The summed E-state index contributed by atoms with van der Waals surface area (Å²) in [4.78, 5) is 0. The van der Waals surface area contributed by atoms with Gasteiger partial charge in [-0.25, -0.2) is 13.2 Å².